The molecule has 0 bridgehead atoms. The molecule has 0 aliphatic carbocycles. The maximum Gasteiger partial charge on any atom is 0.243 e. The first-order chi connectivity index (χ1) is 10.6. The van der Waals surface area contributed by atoms with Crippen molar-refractivity contribution in [2.75, 3.05) is 6.54 Å². The fourth-order valence-corrected chi connectivity index (χ4v) is 4.65. The number of hydrogen-bond acceptors (Lipinski definition) is 3. The molecule has 116 valence electrons. The summed E-state index contributed by atoms with van der Waals surface area (Å²) < 4.78 is 27.5. The molecule has 1 atom stereocenters. The highest BCUT2D eigenvalue weighted by Gasteiger charge is 2.34. The van der Waals surface area contributed by atoms with Crippen molar-refractivity contribution in [2.45, 2.75) is 30.2 Å². The number of aromatic nitrogens is 1. The first-order valence-corrected chi connectivity index (χ1v) is 9.08. The van der Waals surface area contributed by atoms with Gasteiger partial charge in [-0.15, -0.1) is 0 Å². The summed E-state index contributed by atoms with van der Waals surface area (Å²) in [5, 5.41) is 0.529. The third-order valence-corrected chi connectivity index (χ3v) is 6.12. The Hall–Kier alpha value is -1.43. The third kappa shape index (κ3) is 3.02. The second-order valence-electron chi connectivity index (χ2n) is 5.37. The fourth-order valence-electron chi connectivity index (χ4n) is 2.84. The van der Waals surface area contributed by atoms with E-state index in [-0.39, 0.29) is 10.9 Å². The summed E-state index contributed by atoms with van der Waals surface area (Å²) in [5.74, 6) is 0. The van der Waals surface area contributed by atoms with Gasteiger partial charge >= 0.3 is 0 Å². The van der Waals surface area contributed by atoms with Crippen LogP contribution in [-0.4, -0.2) is 24.3 Å². The molecule has 4 nitrogen and oxygen atoms in total. The summed E-state index contributed by atoms with van der Waals surface area (Å²) in [6.45, 7) is 0.532. The predicted molar refractivity (Wildman–Crippen MR) is 86.2 cm³/mol. The van der Waals surface area contributed by atoms with Crippen LogP contribution in [0.25, 0.3) is 0 Å². The van der Waals surface area contributed by atoms with Crippen LogP contribution >= 0.6 is 11.6 Å². The number of nitrogens with zero attached hydrogens (tertiary/aromatic N) is 2. The highest BCUT2D eigenvalue weighted by Crippen LogP contribution is 2.35. The molecule has 1 fully saturated rings. The van der Waals surface area contributed by atoms with E-state index in [2.05, 4.69) is 4.98 Å². The van der Waals surface area contributed by atoms with Crippen LogP contribution in [0.15, 0.2) is 53.7 Å². The average molecular weight is 337 g/mol. The summed E-state index contributed by atoms with van der Waals surface area (Å²) in [5.41, 5.74) is 0.944. The molecule has 0 radical (unpaired) electrons. The third-order valence-electron chi connectivity index (χ3n) is 3.94. The molecule has 22 heavy (non-hydrogen) atoms. The van der Waals surface area contributed by atoms with E-state index >= 15 is 0 Å². The number of halogens is 1. The molecule has 1 aromatic heterocycles. The molecule has 1 aliphatic rings. The SMILES string of the molecule is O=S(=O)(c1ccc(Cl)cc1)N1CCCC[C@@H]1c1cccnc1. The minimum Gasteiger partial charge on any atom is -0.264 e. The quantitative estimate of drug-likeness (QED) is 0.859. The number of hydrogen-bond donors (Lipinski definition) is 0. The molecule has 0 spiro atoms. The minimum atomic E-state index is -3.53. The molecular weight excluding hydrogens is 320 g/mol. The zero-order valence-corrected chi connectivity index (χ0v) is 13.6. The summed E-state index contributed by atoms with van der Waals surface area (Å²) in [4.78, 5) is 4.41. The zero-order chi connectivity index (χ0) is 15.6. The average Bonchev–Trinajstić information content (AvgIpc) is 2.56. The van der Waals surface area contributed by atoms with Crippen LogP contribution in [0, 0.1) is 0 Å². The fraction of sp³-hybridized carbons (Fsp3) is 0.312. The molecule has 0 N–H and O–H groups in total. The Balaban J connectivity index is 1.98. The Labute approximate surface area is 135 Å². The van der Waals surface area contributed by atoms with E-state index in [0.717, 1.165) is 24.8 Å². The van der Waals surface area contributed by atoms with Crippen LogP contribution in [-0.2, 0) is 10.0 Å². The molecule has 6 heteroatoms. The van der Waals surface area contributed by atoms with E-state index in [0.29, 0.717) is 11.6 Å². The smallest absolute Gasteiger partial charge is 0.243 e. The van der Waals surface area contributed by atoms with Crippen LogP contribution < -0.4 is 0 Å². The summed E-state index contributed by atoms with van der Waals surface area (Å²) in [7, 11) is -3.53. The van der Waals surface area contributed by atoms with E-state index < -0.39 is 10.0 Å². The predicted octanol–water partition coefficient (Wildman–Crippen LogP) is 3.65. The van der Waals surface area contributed by atoms with Gasteiger partial charge < -0.3 is 0 Å². The number of benzene rings is 1. The Morgan fingerprint density at radius 2 is 1.91 bits per heavy atom. The molecule has 2 heterocycles. The van der Waals surface area contributed by atoms with E-state index in [1.54, 1.807) is 41.0 Å². The first-order valence-electron chi connectivity index (χ1n) is 7.26. The van der Waals surface area contributed by atoms with Gasteiger partial charge in [0.15, 0.2) is 0 Å². The lowest BCUT2D eigenvalue weighted by Crippen LogP contribution is -2.38. The van der Waals surface area contributed by atoms with Crippen LogP contribution in [0.5, 0.6) is 0 Å². The molecular formula is C16H17ClN2O2S. The van der Waals surface area contributed by atoms with Gasteiger partial charge in [-0.3, -0.25) is 4.98 Å². The van der Waals surface area contributed by atoms with Crippen LogP contribution in [0.4, 0.5) is 0 Å². The maximum absolute atomic E-state index is 12.9. The first kappa shape index (κ1) is 15.5. The topological polar surface area (TPSA) is 50.3 Å². The molecule has 2 aromatic rings. The summed E-state index contributed by atoms with van der Waals surface area (Å²) >= 11 is 5.86. The van der Waals surface area contributed by atoms with Gasteiger partial charge in [0.2, 0.25) is 10.0 Å². The van der Waals surface area contributed by atoms with Gasteiger partial charge in [0.1, 0.15) is 0 Å². The standard InChI is InChI=1S/C16H17ClN2O2S/c17-14-6-8-15(9-7-14)22(20,21)19-11-2-1-5-16(19)13-4-3-10-18-12-13/h3-4,6-10,12,16H,1-2,5,11H2/t16-/m1/s1. The van der Waals surface area contributed by atoms with Crippen molar-refractivity contribution in [3.05, 3.63) is 59.4 Å². The van der Waals surface area contributed by atoms with Crippen molar-refractivity contribution in [2.24, 2.45) is 0 Å². The Kier molecular flexibility index (Phi) is 4.47. The molecule has 0 saturated carbocycles. The van der Waals surface area contributed by atoms with Crippen LogP contribution in [0.3, 0.4) is 0 Å². The van der Waals surface area contributed by atoms with Gasteiger partial charge in [0.05, 0.1) is 10.9 Å². The lowest BCUT2D eigenvalue weighted by Gasteiger charge is -2.34. The molecule has 0 amide bonds. The minimum absolute atomic E-state index is 0.150. The Morgan fingerprint density at radius 3 is 2.59 bits per heavy atom. The largest absolute Gasteiger partial charge is 0.264 e. The lowest BCUT2D eigenvalue weighted by molar-refractivity contribution is 0.255. The van der Waals surface area contributed by atoms with E-state index in [4.69, 9.17) is 11.6 Å². The van der Waals surface area contributed by atoms with Gasteiger partial charge in [-0.2, -0.15) is 4.31 Å². The van der Waals surface area contributed by atoms with Crippen molar-refractivity contribution in [3.8, 4) is 0 Å². The van der Waals surface area contributed by atoms with Crippen molar-refractivity contribution in [1.29, 1.82) is 0 Å². The molecule has 1 aromatic carbocycles. The van der Waals surface area contributed by atoms with Gasteiger partial charge in [0.25, 0.3) is 0 Å². The van der Waals surface area contributed by atoms with E-state index in [1.165, 1.54) is 0 Å². The summed E-state index contributed by atoms with van der Waals surface area (Å²) in [6.07, 6.45) is 6.17. The maximum atomic E-state index is 12.9. The van der Waals surface area contributed by atoms with Gasteiger partial charge in [0, 0.05) is 24.0 Å². The highest BCUT2D eigenvalue weighted by atomic mass is 35.5. The number of pyridine rings is 1. The van der Waals surface area contributed by atoms with Gasteiger partial charge in [-0.25, -0.2) is 8.42 Å². The monoisotopic (exact) mass is 336 g/mol. The van der Waals surface area contributed by atoms with E-state index in [1.807, 2.05) is 12.1 Å². The number of piperidine rings is 1. The van der Waals surface area contributed by atoms with Crippen molar-refractivity contribution in [3.63, 3.8) is 0 Å². The van der Waals surface area contributed by atoms with Gasteiger partial charge in [-0.05, 0) is 48.7 Å². The van der Waals surface area contributed by atoms with E-state index in [9.17, 15) is 8.42 Å². The number of sulfonamides is 1. The molecule has 1 aliphatic heterocycles. The van der Waals surface area contributed by atoms with Gasteiger partial charge in [-0.1, -0.05) is 24.1 Å². The van der Waals surface area contributed by atoms with Crippen LogP contribution in [0.2, 0.25) is 5.02 Å². The molecule has 3 rings (SSSR count). The van der Waals surface area contributed by atoms with Crippen molar-refractivity contribution < 1.29 is 8.42 Å². The zero-order valence-electron chi connectivity index (χ0n) is 12.0. The second kappa shape index (κ2) is 6.36. The molecule has 1 saturated heterocycles. The highest BCUT2D eigenvalue weighted by molar-refractivity contribution is 7.89. The second-order valence-corrected chi connectivity index (χ2v) is 7.69. The van der Waals surface area contributed by atoms with Crippen molar-refractivity contribution in [1.82, 2.24) is 9.29 Å². The Bertz CT molecular complexity index is 733. The number of rotatable bonds is 3. The van der Waals surface area contributed by atoms with Crippen molar-refractivity contribution >= 4 is 21.6 Å². The Morgan fingerprint density at radius 1 is 1.14 bits per heavy atom. The lowest BCUT2D eigenvalue weighted by atomic mass is 9.99. The summed E-state index contributed by atoms with van der Waals surface area (Å²) in [6, 6.07) is 9.97. The molecule has 0 unspecified atom stereocenters. The normalized spacial score (nSPS) is 20.0. The van der Waals surface area contributed by atoms with Crippen LogP contribution in [0.1, 0.15) is 30.9 Å².